The number of hydrogen-bond donors (Lipinski definition) is 1. The summed E-state index contributed by atoms with van der Waals surface area (Å²) in [6.07, 6.45) is 1.45. The van der Waals surface area contributed by atoms with Gasteiger partial charge in [0.25, 0.3) is 5.91 Å². The summed E-state index contributed by atoms with van der Waals surface area (Å²) in [5, 5.41) is 3.73. The molecular formula is C12H8ClFN2OS. The van der Waals surface area contributed by atoms with Crippen LogP contribution in [0.3, 0.4) is 0 Å². The zero-order chi connectivity index (χ0) is 13.0. The van der Waals surface area contributed by atoms with Gasteiger partial charge < -0.3 is 0 Å². The fourth-order valence-electron chi connectivity index (χ4n) is 1.26. The van der Waals surface area contributed by atoms with Crippen molar-refractivity contribution in [1.82, 2.24) is 5.43 Å². The second-order valence-electron chi connectivity index (χ2n) is 3.32. The number of halogens is 2. The predicted molar refractivity (Wildman–Crippen MR) is 70.8 cm³/mol. The maximum Gasteiger partial charge on any atom is 0.274 e. The van der Waals surface area contributed by atoms with Crippen LogP contribution in [-0.2, 0) is 0 Å². The smallest absolute Gasteiger partial charge is 0.267 e. The van der Waals surface area contributed by atoms with E-state index in [2.05, 4.69) is 10.5 Å². The number of nitrogens with zero attached hydrogens (tertiary/aromatic N) is 1. The van der Waals surface area contributed by atoms with E-state index in [9.17, 15) is 9.18 Å². The molecule has 0 fully saturated rings. The Morgan fingerprint density at radius 1 is 1.33 bits per heavy atom. The summed E-state index contributed by atoms with van der Waals surface area (Å²) >= 11 is 7.07. The molecule has 0 spiro atoms. The average Bonchev–Trinajstić information content (AvgIpc) is 2.75. The van der Waals surface area contributed by atoms with E-state index in [0.29, 0.717) is 4.34 Å². The molecule has 0 bridgehead atoms. The van der Waals surface area contributed by atoms with Gasteiger partial charge in [0.1, 0.15) is 5.82 Å². The van der Waals surface area contributed by atoms with Crippen LogP contribution in [-0.4, -0.2) is 12.1 Å². The first kappa shape index (κ1) is 12.7. The summed E-state index contributed by atoms with van der Waals surface area (Å²) in [5.41, 5.74) is 2.21. The molecule has 0 aliphatic rings. The van der Waals surface area contributed by atoms with E-state index in [1.807, 2.05) is 0 Å². The van der Waals surface area contributed by atoms with Crippen LogP contribution in [0.2, 0.25) is 4.34 Å². The Morgan fingerprint density at radius 3 is 2.78 bits per heavy atom. The molecule has 0 saturated carbocycles. The summed E-state index contributed by atoms with van der Waals surface area (Å²) < 4.78 is 13.9. The normalized spacial score (nSPS) is 10.8. The van der Waals surface area contributed by atoms with Gasteiger partial charge in [-0.25, -0.2) is 9.82 Å². The highest BCUT2D eigenvalue weighted by molar-refractivity contribution is 7.17. The van der Waals surface area contributed by atoms with Gasteiger partial charge in [-0.05, 0) is 24.3 Å². The van der Waals surface area contributed by atoms with E-state index in [0.717, 1.165) is 4.88 Å². The molecule has 0 atom stereocenters. The third-order valence-electron chi connectivity index (χ3n) is 2.07. The Labute approximate surface area is 112 Å². The average molecular weight is 283 g/mol. The van der Waals surface area contributed by atoms with Crippen LogP contribution in [0.5, 0.6) is 0 Å². The number of carbonyl (C=O) groups excluding carboxylic acids is 1. The number of carbonyl (C=O) groups is 1. The van der Waals surface area contributed by atoms with Gasteiger partial charge in [0.05, 0.1) is 16.1 Å². The predicted octanol–water partition coefficient (Wildman–Crippen LogP) is 3.30. The topological polar surface area (TPSA) is 41.5 Å². The molecule has 1 amide bonds. The highest BCUT2D eigenvalue weighted by Gasteiger charge is 2.09. The van der Waals surface area contributed by atoms with Crippen LogP contribution < -0.4 is 5.43 Å². The molecule has 0 aliphatic carbocycles. The van der Waals surface area contributed by atoms with Gasteiger partial charge in [0, 0.05) is 4.88 Å². The summed E-state index contributed by atoms with van der Waals surface area (Å²) in [5.74, 6) is -1.17. The zero-order valence-electron chi connectivity index (χ0n) is 9.06. The second-order valence-corrected chi connectivity index (χ2v) is 5.07. The summed E-state index contributed by atoms with van der Waals surface area (Å²) in [6, 6.07) is 9.21. The molecule has 2 rings (SSSR count). The Bertz CT molecular complexity index is 597. The van der Waals surface area contributed by atoms with Crippen LogP contribution in [0.4, 0.5) is 4.39 Å². The van der Waals surface area contributed by atoms with Crippen molar-refractivity contribution >= 4 is 35.1 Å². The van der Waals surface area contributed by atoms with Gasteiger partial charge in [0.2, 0.25) is 0 Å². The van der Waals surface area contributed by atoms with Crippen molar-refractivity contribution in [3.05, 3.63) is 57.0 Å². The van der Waals surface area contributed by atoms with Crippen molar-refractivity contribution in [2.45, 2.75) is 0 Å². The Balaban J connectivity index is 2.01. The third-order valence-corrected chi connectivity index (χ3v) is 3.24. The van der Waals surface area contributed by atoms with E-state index in [4.69, 9.17) is 11.6 Å². The lowest BCUT2D eigenvalue weighted by Crippen LogP contribution is -2.18. The van der Waals surface area contributed by atoms with Crippen LogP contribution in [0.1, 0.15) is 15.2 Å². The van der Waals surface area contributed by atoms with Crippen molar-refractivity contribution in [1.29, 1.82) is 0 Å². The van der Waals surface area contributed by atoms with Crippen LogP contribution >= 0.6 is 22.9 Å². The number of hydrazone groups is 1. The largest absolute Gasteiger partial charge is 0.274 e. The number of benzene rings is 1. The first-order chi connectivity index (χ1) is 8.66. The molecule has 0 saturated heterocycles. The van der Waals surface area contributed by atoms with E-state index in [-0.39, 0.29) is 5.56 Å². The SMILES string of the molecule is O=C(NN=Cc1ccc(Cl)s1)c1ccccc1F. The maximum atomic E-state index is 13.3. The highest BCUT2D eigenvalue weighted by Crippen LogP contribution is 2.19. The fraction of sp³-hybridized carbons (Fsp3) is 0. The van der Waals surface area contributed by atoms with E-state index in [1.54, 1.807) is 18.2 Å². The summed E-state index contributed by atoms with van der Waals surface area (Å²) in [7, 11) is 0. The molecular weight excluding hydrogens is 275 g/mol. The quantitative estimate of drug-likeness (QED) is 0.681. The van der Waals surface area contributed by atoms with Crippen molar-refractivity contribution in [2.24, 2.45) is 5.10 Å². The first-order valence-corrected chi connectivity index (χ1v) is 6.19. The van der Waals surface area contributed by atoms with Crippen molar-refractivity contribution in [3.8, 4) is 0 Å². The molecule has 0 unspecified atom stereocenters. The zero-order valence-corrected chi connectivity index (χ0v) is 10.6. The minimum Gasteiger partial charge on any atom is -0.267 e. The molecule has 1 aromatic carbocycles. The maximum absolute atomic E-state index is 13.3. The summed E-state index contributed by atoms with van der Waals surface area (Å²) in [4.78, 5) is 12.4. The Morgan fingerprint density at radius 2 is 2.11 bits per heavy atom. The molecule has 0 radical (unpaired) electrons. The number of rotatable bonds is 3. The van der Waals surface area contributed by atoms with Gasteiger partial charge in [-0.1, -0.05) is 23.7 Å². The molecule has 1 aromatic heterocycles. The highest BCUT2D eigenvalue weighted by atomic mass is 35.5. The molecule has 0 aliphatic heterocycles. The van der Waals surface area contributed by atoms with Crippen LogP contribution in [0.15, 0.2) is 41.5 Å². The third kappa shape index (κ3) is 3.15. The minimum absolute atomic E-state index is 0.0427. The molecule has 6 heteroatoms. The number of hydrogen-bond acceptors (Lipinski definition) is 3. The number of thiophene rings is 1. The number of nitrogens with one attached hydrogen (secondary N) is 1. The molecule has 3 nitrogen and oxygen atoms in total. The van der Waals surface area contributed by atoms with Crippen molar-refractivity contribution in [2.75, 3.05) is 0 Å². The van der Waals surface area contributed by atoms with E-state index >= 15 is 0 Å². The molecule has 18 heavy (non-hydrogen) atoms. The van der Waals surface area contributed by atoms with Crippen LogP contribution in [0.25, 0.3) is 0 Å². The van der Waals surface area contributed by atoms with E-state index in [1.165, 1.54) is 35.8 Å². The second kappa shape index (κ2) is 5.75. The summed E-state index contributed by atoms with van der Waals surface area (Å²) in [6.45, 7) is 0. The lowest BCUT2D eigenvalue weighted by molar-refractivity contribution is 0.0951. The van der Waals surface area contributed by atoms with Crippen molar-refractivity contribution < 1.29 is 9.18 Å². The molecule has 1 N–H and O–H groups in total. The van der Waals surface area contributed by atoms with Crippen molar-refractivity contribution in [3.63, 3.8) is 0 Å². The molecule has 1 heterocycles. The number of amides is 1. The molecule has 2 aromatic rings. The Kier molecular flexibility index (Phi) is 4.07. The monoisotopic (exact) mass is 282 g/mol. The minimum atomic E-state index is -0.591. The fourth-order valence-corrected chi connectivity index (χ4v) is 2.19. The molecule has 92 valence electrons. The first-order valence-electron chi connectivity index (χ1n) is 5.00. The van der Waals surface area contributed by atoms with Gasteiger partial charge in [-0.2, -0.15) is 5.10 Å². The lowest BCUT2D eigenvalue weighted by Gasteiger charge is -2.00. The lowest BCUT2D eigenvalue weighted by atomic mass is 10.2. The van der Waals surface area contributed by atoms with Crippen LogP contribution in [0, 0.1) is 5.82 Å². The van der Waals surface area contributed by atoms with Gasteiger partial charge in [-0.15, -0.1) is 11.3 Å². The van der Waals surface area contributed by atoms with Gasteiger partial charge >= 0.3 is 0 Å². The Hall–Kier alpha value is -1.72. The van der Waals surface area contributed by atoms with Gasteiger partial charge in [0.15, 0.2) is 0 Å². The van der Waals surface area contributed by atoms with Gasteiger partial charge in [-0.3, -0.25) is 4.79 Å². The standard InChI is InChI=1S/C12H8ClFN2OS/c13-11-6-5-8(18-11)7-15-16-12(17)9-3-1-2-4-10(9)14/h1-7H,(H,16,17). The van der Waals surface area contributed by atoms with E-state index < -0.39 is 11.7 Å².